The van der Waals surface area contributed by atoms with Crippen molar-refractivity contribution in [2.75, 3.05) is 6.54 Å². The maximum Gasteiger partial charge on any atom is 0.410 e. The molecule has 2 aromatic heterocycles. The van der Waals surface area contributed by atoms with E-state index in [4.69, 9.17) is 9.15 Å². The van der Waals surface area contributed by atoms with Gasteiger partial charge in [-0.15, -0.1) is 0 Å². The van der Waals surface area contributed by atoms with E-state index in [0.29, 0.717) is 34.3 Å². The molecule has 5 aromatic rings. The van der Waals surface area contributed by atoms with Crippen LogP contribution in [0.25, 0.3) is 33.2 Å². The Kier molecular flexibility index (Phi) is 5.81. The van der Waals surface area contributed by atoms with Gasteiger partial charge in [0.1, 0.15) is 23.6 Å². The number of amides is 1. The van der Waals surface area contributed by atoms with Gasteiger partial charge >= 0.3 is 6.09 Å². The minimum absolute atomic E-state index is 0.0801. The molecule has 0 bridgehead atoms. The van der Waals surface area contributed by atoms with Gasteiger partial charge in [-0.1, -0.05) is 46.3 Å². The summed E-state index contributed by atoms with van der Waals surface area (Å²) in [4.78, 5) is 35.6. The van der Waals surface area contributed by atoms with E-state index in [1.165, 1.54) is 0 Å². The van der Waals surface area contributed by atoms with Crippen LogP contribution in [0.1, 0.15) is 30.3 Å². The third-order valence-corrected chi connectivity index (χ3v) is 7.04. The fraction of sp³-hybridized carbons (Fsp3) is 0.179. The molecule has 1 aliphatic rings. The predicted molar refractivity (Wildman–Crippen MR) is 141 cm³/mol. The summed E-state index contributed by atoms with van der Waals surface area (Å²) in [6.45, 7) is 0.853. The second-order valence-corrected chi connectivity index (χ2v) is 9.77. The van der Waals surface area contributed by atoms with E-state index in [0.717, 1.165) is 34.1 Å². The van der Waals surface area contributed by atoms with Gasteiger partial charge in [0.05, 0.1) is 28.7 Å². The molecule has 1 saturated heterocycles. The van der Waals surface area contributed by atoms with Crippen LogP contribution in [0.5, 0.6) is 0 Å². The van der Waals surface area contributed by atoms with Crippen LogP contribution >= 0.6 is 15.9 Å². The van der Waals surface area contributed by atoms with Crippen molar-refractivity contribution in [2.45, 2.75) is 25.5 Å². The zero-order valence-electron chi connectivity index (χ0n) is 19.2. The maximum absolute atomic E-state index is 13.1. The number of ether oxygens (including phenoxy) is 1. The number of rotatable bonds is 4. The highest BCUT2D eigenvalue weighted by atomic mass is 79.9. The monoisotopic (exact) mass is 543 g/mol. The van der Waals surface area contributed by atoms with Crippen LogP contribution in [0.2, 0.25) is 0 Å². The number of halogens is 1. The quantitative estimate of drug-likeness (QED) is 0.259. The Bertz CT molecular complexity index is 1640. The molecule has 6 rings (SSSR count). The first-order valence-electron chi connectivity index (χ1n) is 11.8. The Morgan fingerprint density at radius 1 is 1.08 bits per heavy atom. The molecule has 1 fully saturated rings. The third kappa shape index (κ3) is 4.18. The van der Waals surface area contributed by atoms with Gasteiger partial charge in [-0.25, -0.2) is 9.78 Å². The highest BCUT2D eigenvalue weighted by molar-refractivity contribution is 9.10. The predicted octanol–water partition coefficient (Wildman–Crippen LogP) is 6.57. The van der Waals surface area contributed by atoms with E-state index >= 15 is 0 Å². The first-order valence-corrected chi connectivity index (χ1v) is 12.5. The molecule has 1 N–H and O–H groups in total. The lowest BCUT2D eigenvalue weighted by atomic mass is 10.1. The number of aromatic nitrogens is 2. The number of carbonyl (C=O) groups excluding carboxylic acids is 1. The summed E-state index contributed by atoms with van der Waals surface area (Å²) in [5, 5.41) is 1.04. The summed E-state index contributed by atoms with van der Waals surface area (Å²) in [5.74, 6) is 0.703. The SMILES string of the molecule is O=C(OCc1ccccc1)N1CCC[C@H]1c1ncc(-c2ccc3oc4cc(Br)ccc4c(=O)c3c2)[nH]1. The molecule has 8 heteroatoms. The number of aromatic amines is 1. The summed E-state index contributed by atoms with van der Waals surface area (Å²) >= 11 is 3.42. The first-order chi connectivity index (χ1) is 17.6. The van der Waals surface area contributed by atoms with Crippen LogP contribution in [-0.4, -0.2) is 27.5 Å². The fourth-order valence-electron chi connectivity index (χ4n) is 4.72. The summed E-state index contributed by atoms with van der Waals surface area (Å²) in [7, 11) is 0. The molecule has 0 saturated carbocycles. The zero-order valence-corrected chi connectivity index (χ0v) is 20.8. The minimum atomic E-state index is -0.346. The van der Waals surface area contributed by atoms with E-state index in [1.807, 2.05) is 48.5 Å². The number of nitrogens with one attached hydrogen (secondary N) is 1. The van der Waals surface area contributed by atoms with Crippen LogP contribution in [-0.2, 0) is 11.3 Å². The second-order valence-electron chi connectivity index (χ2n) is 8.86. The van der Waals surface area contributed by atoms with Crippen LogP contribution in [0.3, 0.4) is 0 Å². The van der Waals surface area contributed by atoms with Gasteiger partial charge in [0.25, 0.3) is 0 Å². The molecule has 1 atom stereocenters. The smallest absolute Gasteiger partial charge is 0.410 e. The highest BCUT2D eigenvalue weighted by Gasteiger charge is 2.33. The molecule has 1 aliphatic heterocycles. The van der Waals surface area contributed by atoms with E-state index in [2.05, 4.69) is 25.9 Å². The van der Waals surface area contributed by atoms with E-state index < -0.39 is 0 Å². The molecule has 0 spiro atoms. The summed E-state index contributed by atoms with van der Waals surface area (Å²) < 4.78 is 12.4. The number of benzene rings is 3. The largest absolute Gasteiger partial charge is 0.456 e. The van der Waals surface area contributed by atoms with E-state index in [-0.39, 0.29) is 24.2 Å². The molecule has 1 amide bonds. The highest BCUT2D eigenvalue weighted by Crippen LogP contribution is 2.33. The van der Waals surface area contributed by atoms with Crippen molar-refractivity contribution in [1.29, 1.82) is 0 Å². The topological polar surface area (TPSA) is 88.4 Å². The van der Waals surface area contributed by atoms with E-state index in [1.54, 1.807) is 29.3 Å². The lowest BCUT2D eigenvalue weighted by Crippen LogP contribution is -2.31. The number of nitrogens with zero attached hydrogens (tertiary/aromatic N) is 2. The van der Waals surface area contributed by atoms with Crippen molar-refractivity contribution in [3.05, 3.63) is 99.0 Å². The number of hydrogen-bond donors (Lipinski definition) is 1. The van der Waals surface area contributed by atoms with Crippen molar-refractivity contribution in [3.63, 3.8) is 0 Å². The summed E-state index contributed by atoms with van der Waals surface area (Å²) in [6, 6.07) is 20.3. The Labute approximate surface area is 214 Å². The average molecular weight is 544 g/mol. The standard InChI is InChI=1S/C28H22BrN3O4/c29-19-9-10-20-25(14-19)36-24-11-8-18(13-21(24)26(20)33)22-15-30-27(31-22)23-7-4-12-32(23)28(34)35-16-17-5-2-1-3-6-17/h1-3,5-6,8-11,13-15,23H,4,7,12,16H2,(H,30,31)/t23-/m0/s1. The number of hydrogen-bond acceptors (Lipinski definition) is 5. The van der Waals surface area contributed by atoms with Gasteiger partial charge in [0.15, 0.2) is 0 Å². The second kappa shape index (κ2) is 9.28. The number of likely N-dealkylation sites (tertiary alicyclic amines) is 1. The van der Waals surface area contributed by atoms with Crippen molar-refractivity contribution >= 4 is 44.0 Å². The molecular formula is C28H22BrN3O4. The fourth-order valence-corrected chi connectivity index (χ4v) is 5.06. The lowest BCUT2D eigenvalue weighted by molar-refractivity contribution is 0.0910. The zero-order chi connectivity index (χ0) is 24.6. The summed E-state index contributed by atoms with van der Waals surface area (Å²) in [6.07, 6.45) is 3.07. The van der Waals surface area contributed by atoms with Gasteiger partial charge in [0, 0.05) is 16.6 Å². The molecule has 3 heterocycles. The molecule has 36 heavy (non-hydrogen) atoms. The number of imidazole rings is 1. The van der Waals surface area contributed by atoms with Crippen LogP contribution in [0.15, 0.2) is 86.6 Å². The molecule has 0 unspecified atom stereocenters. The van der Waals surface area contributed by atoms with Crippen LogP contribution in [0, 0.1) is 0 Å². The molecule has 0 aliphatic carbocycles. The maximum atomic E-state index is 13.1. The van der Waals surface area contributed by atoms with Gasteiger partial charge in [-0.05, 0) is 54.8 Å². The van der Waals surface area contributed by atoms with Gasteiger partial charge in [-0.2, -0.15) is 0 Å². The first kappa shape index (κ1) is 22.5. The Morgan fingerprint density at radius 2 is 1.94 bits per heavy atom. The number of carbonyl (C=O) groups is 1. The molecule has 0 radical (unpaired) electrons. The normalized spacial score (nSPS) is 15.6. The third-order valence-electron chi connectivity index (χ3n) is 6.55. The Balaban J connectivity index is 1.25. The van der Waals surface area contributed by atoms with E-state index in [9.17, 15) is 9.59 Å². The van der Waals surface area contributed by atoms with Crippen molar-refractivity contribution < 1.29 is 13.9 Å². The molecular weight excluding hydrogens is 522 g/mol. The van der Waals surface area contributed by atoms with Crippen LogP contribution < -0.4 is 5.43 Å². The number of fused-ring (bicyclic) bond motifs is 2. The van der Waals surface area contributed by atoms with Gasteiger partial charge < -0.3 is 14.1 Å². The van der Waals surface area contributed by atoms with Crippen molar-refractivity contribution in [3.8, 4) is 11.3 Å². The van der Waals surface area contributed by atoms with Crippen molar-refractivity contribution in [2.24, 2.45) is 0 Å². The minimum Gasteiger partial charge on any atom is -0.456 e. The summed E-state index contributed by atoms with van der Waals surface area (Å²) in [5.41, 5.74) is 3.52. The van der Waals surface area contributed by atoms with Crippen molar-refractivity contribution in [1.82, 2.24) is 14.9 Å². The van der Waals surface area contributed by atoms with Gasteiger partial charge in [0.2, 0.25) is 5.43 Å². The Morgan fingerprint density at radius 3 is 2.81 bits per heavy atom. The van der Waals surface area contributed by atoms with Gasteiger partial charge in [-0.3, -0.25) is 9.69 Å². The lowest BCUT2D eigenvalue weighted by Gasteiger charge is -2.22. The number of H-pyrrole nitrogens is 1. The average Bonchev–Trinajstić information content (AvgIpc) is 3.58. The molecule has 7 nitrogen and oxygen atoms in total. The molecule has 3 aromatic carbocycles. The molecule has 180 valence electrons. The Hall–Kier alpha value is -3.91. The van der Waals surface area contributed by atoms with Crippen LogP contribution in [0.4, 0.5) is 4.79 Å².